The molecule has 0 heterocycles. The van der Waals surface area contributed by atoms with Gasteiger partial charge in [-0.25, -0.2) is 0 Å². The Bertz CT molecular complexity index is 657. The number of rotatable bonds is 1. The summed E-state index contributed by atoms with van der Waals surface area (Å²) in [5, 5.41) is 0. The molecule has 1 nitrogen and oxygen atoms in total. The van der Waals surface area contributed by atoms with Crippen molar-refractivity contribution in [1.29, 1.82) is 0 Å². The predicted octanol–water partition coefficient (Wildman–Crippen LogP) is 4.97. The Labute approximate surface area is 116 Å². The highest BCUT2D eigenvalue weighted by Gasteiger charge is 2.38. The molecule has 0 aromatic heterocycles. The van der Waals surface area contributed by atoms with Gasteiger partial charge in [-0.2, -0.15) is 26.3 Å². The van der Waals surface area contributed by atoms with Crippen molar-refractivity contribution in [1.82, 2.24) is 0 Å². The van der Waals surface area contributed by atoms with Crippen LogP contribution in [0.3, 0.4) is 0 Å². The number of nitrogens with two attached hydrogens (primary N) is 1. The van der Waals surface area contributed by atoms with E-state index in [4.69, 9.17) is 5.73 Å². The van der Waals surface area contributed by atoms with Gasteiger partial charge in [-0.05, 0) is 35.4 Å². The van der Waals surface area contributed by atoms with E-state index < -0.39 is 34.6 Å². The molecule has 0 fully saturated rings. The van der Waals surface area contributed by atoms with Crippen molar-refractivity contribution in [3.05, 3.63) is 53.6 Å². The van der Waals surface area contributed by atoms with Crippen molar-refractivity contribution in [2.45, 2.75) is 12.4 Å². The number of hydrogen-bond donors (Lipinski definition) is 1. The molecule has 0 aliphatic heterocycles. The van der Waals surface area contributed by atoms with E-state index in [9.17, 15) is 26.3 Å². The third-order valence-electron chi connectivity index (χ3n) is 2.87. The highest BCUT2D eigenvalue weighted by Crippen LogP contribution is 2.43. The minimum Gasteiger partial charge on any atom is -0.399 e. The van der Waals surface area contributed by atoms with Gasteiger partial charge in [0.05, 0.1) is 11.1 Å². The zero-order chi connectivity index (χ0) is 15.8. The standard InChI is InChI=1S/C14H9F6N/c15-13(16,17)11-4-2-1-3-9(11)10-7-8(21)5-6-12(10)14(18,19)20/h1-7H,21H2. The summed E-state index contributed by atoms with van der Waals surface area (Å²) in [5.74, 6) is 0. The lowest BCUT2D eigenvalue weighted by molar-refractivity contribution is -0.139. The Balaban J connectivity index is 2.77. The zero-order valence-corrected chi connectivity index (χ0v) is 10.4. The van der Waals surface area contributed by atoms with Gasteiger partial charge in [0.15, 0.2) is 0 Å². The molecule has 0 aliphatic rings. The van der Waals surface area contributed by atoms with Gasteiger partial charge in [-0.15, -0.1) is 0 Å². The fourth-order valence-electron chi connectivity index (χ4n) is 2.00. The fraction of sp³-hybridized carbons (Fsp3) is 0.143. The number of nitrogen functional groups attached to an aromatic ring is 1. The third kappa shape index (κ3) is 3.12. The summed E-state index contributed by atoms with van der Waals surface area (Å²) in [4.78, 5) is 0. The average Bonchev–Trinajstić information content (AvgIpc) is 2.36. The van der Waals surface area contributed by atoms with Crippen LogP contribution in [0, 0.1) is 0 Å². The van der Waals surface area contributed by atoms with Gasteiger partial charge in [-0.1, -0.05) is 18.2 Å². The summed E-state index contributed by atoms with van der Waals surface area (Å²) in [7, 11) is 0. The van der Waals surface area contributed by atoms with E-state index in [1.165, 1.54) is 6.07 Å². The van der Waals surface area contributed by atoms with Crippen LogP contribution >= 0.6 is 0 Å². The Hall–Kier alpha value is -2.18. The quantitative estimate of drug-likeness (QED) is 0.584. The van der Waals surface area contributed by atoms with E-state index in [1.807, 2.05) is 0 Å². The molecule has 0 saturated carbocycles. The molecule has 21 heavy (non-hydrogen) atoms. The number of anilines is 1. The number of benzene rings is 2. The van der Waals surface area contributed by atoms with Crippen LogP contribution in [-0.2, 0) is 12.4 Å². The second-order valence-corrected chi connectivity index (χ2v) is 4.35. The highest BCUT2D eigenvalue weighted by atomic mass is 19.4. The van der Waals surface area contributed by atoms with Crippen molar-refractivity contribution in [2.24, 2.45) is 0 Å². The van der Waals surface area contributed by atoms with Gasteiger partial charge in [0, 0.05) is 5.69 Å². The lowest BCUT2D eigenvalue weighted by Crippen LogP contribution is -2.11. The lowest BCUT2D eigenvalue weighted by atomic mass is 9.94. The Kier molecular flexibility index (Phi) is 3.61. The van der Waals surface area contributed by atoms with Crippen LogP contribution in [0.4, 0.5) is 32.0 Å². The topological polar surface area (TPSA) is 26.0 Å². The van der Waals surface area contributed by atoms with Crippen molar-refractivity contribution >= 4 is 5.69 Å². The van der Waals surface area contributed by atoms with Crippen LogP contribution in [0.2, 0.25) is 0 Å². The molecule has 2 aromatic rings. The largest absolute Gasteiger partial charge is 0.417 e. The van der Waals surface area contributed by atoms with Crippen molar-refractivity contribution in [2.75, 3.05) is 5.73 Å². The molecule has 2 N–H and O–H groups in total. The maximum absolute atomic E-state index is 13.0. The second-order valence-electron chi connectivity index (χ2n) is 4.35. The molecule has 2 rings (SSSR count). The van der Waals surface area contributed by atoms with Gasteiger partial charge < -0.3 is 5.73 Å². The first-order chi connectivity index (χ1) is 9.60. The van der Waals surface area contributed by atoms with Gasteiger partial charge in [0.2, 0.25) is 0 Å². The molecule has 0 atom stereocenters. The van der Waals surface area contributed by atoms with Crippen molar-refractivity contribution in [3.8, 4) is 11.1 Å². The Morgan fingerprint density at radius 1 is 0.667 bits per heavy atom. The molecule has 112 valence electrons. The summed E-state index contributed by atoms with van der Waals surface area (Å²) in [6, 6.07) is 6.67. The first-order valence-electron chi connectivity index (χ1n) is 5.74. The SMILES string of the molecule is Nc1ccc(C(F)(F)F)c(-c2ccccc2C(F)(F)F)c1. The first-order valence-corrected chi connectivity index (χ1v) is 5.74. The van der Waals surface area contributed by atoms with E-state index >= 15 is 0 Å². The van der Waals surface area contributed by atoms with Crippen molar-refractivity contribution in [3.63, 3.8) is 0 Å². The maximum atomic E-state index is 13.0. The summed E-state index contributed by atoms with van der Waals surface area (Å²) >= 11 is 0. The van der Waals surface area contributed by atoms with Crippen LogP contribution in [0.5, 0.6) is 0 Å². The minimum atomic E-state index is -4.78. The van der Waals surface area contributed by atoms with Gasteiger partial charge >= 0.3 is 12.4 Å². The molecule has 0 unspecified atom stereocenters. The van der Waals surface area contributed by atoms with Gasteiger partial charge in [0.25, 0.3) is 0 Å². The normalized spacial score (nSPS) is 12.5. The average molecular weight is 305 g/mol. The highest BCUT2D eigenvalue weighted by molar-refractivity contribution is 5.74. The van der Waals surface area contributed by atoms with Crippen LogP contribution < -0.4 is 5.73 Å². The Morgan fingerprint density at radius 2 is 1.19 bits per heavy atom. The van der Waals surface area contributed by atoms with Crippen molar-refractivity contribution < 1.29 is 26.3 Å². The number of halogens is 6. The van der Waals surface area contributed by atoms with Gasteiger partial charge in [0.1, 0.15) is 0 Å². The third-order valence-corrected chi connectivity index (χ3v) is 2.87. The van der Waals surface area contributed by atoms with Crippen LogP contribution in [-0.4, -0.2) is 0 Å². The zero-order valence-electron chi connectivity index (χ0n) is 10.4. The molecule has 0 saturated heterocycles. The van der Waals surface area contributed by atoms with E-state index in [1.54, 1.807) is 0 Å². The molecule has 7 heteroatoms. The second kappa shape index (κ2) is 4.98. The molecule has 0 aliphatic carbocycles. The smallest absolute Gasteiger partial charge is 0.399 e. The van der Waals surface area contributed by atoms with Gasteiger partial charge in [-0.3, -0.25) is 0 Å². The van der Waals surface area contributed by atoms with Crippen LogP contribution in [0.25, 0.3) is 11.1 Å². The molecule has 0 spiro atoms. The summed E-state index contributed by atoms with van der Waals surface area (Å²) in [6.45, 7) is 0. The fourth-order valence-corrected chi connectivity index (χ4v) is 2.00. The monoisotopic (exact) mass is 305 g/mol. The molecule has 0 radical (unpaired) electrons. The van der Waals surface area contributed by atoms with E-state index in [0.29, 0.717) is 6.07 Å². The summed E-state index contributed by atoms with van der Waals surface area (Å²) < 4.78 is 77.8. The summed E-state index contributed by atoms with van der Waals surface area (Å²) in [5.41, 5.74) is 1.94. The minimum absolute atomic E-state index is 0.0463. The maximum Gasteiger partial charge on any atom is 0.417 e. The number of hydrogen-bond acceptors (Lipinski definition) is 1. The molecule has 0 bridgehead atoms. The molecule has 2 aromatic carbocycles. The summed E-state index contributed by atoms with van der Waals surface area (Å²) in [6.07, 6.45) is -9.54. The molecular weight excluding hydrogens is 296 g/mol. The lowest BCUT2D eigenvalue weighted by Gasteiger charge is -2.17. The predicted molar refractivity (Wildman–Crippen MR) is 66.3 cm³/mol. The Morgan fingerprint density at radius 3 is 1.76 bits per heavy atom. The number of alkyl halides is 6. The van der Waals surface area contributed by atoms with Crippen LogP contribution in [0.1, 0.15) is 11.1 Å². The first kappa shape index (κ1) is 15.2. The molecule has 0 amide bonds. The van der Waals surface area contributed by atoms with E-state index in [0.717, 1.165) is 30.3 Å². The van der Waals surface area contributed by atoms with E-state index in [-0.39, 0.29) is 5.69 Å². The molecular formula is C14H9F6N. The van der Waals surface area contributed by atoms with E-state index in [2.05, 4.69) is 0 Å². The van der Waals surface area contributed by atoms with Crippen LogP contribution in [0.15, 0.2) is 42.5 Å².